The Bertz CT molecular complexity index is 860. The molecular formula is C16H10ClF3N2. The van der Waals surface area contributed by atoms with Crippen molar-refractivity contribution in [2.45, 2.75) is 13.1 Å². The van der Waals surface area contributed by atoms with Gasteiger partial charge in [-0.3, -0.25) is 0 Å². The van der Waals surface area contributed by atoms with Crippen molar-refractivity contribution >= 4 is 22.6 Å². The molecule has 112 valence electrons. The van der Waals surface area contributed by atoms with E-state index in [1.165, 1.54) is 12.1 Å². The predicted molar refractivity (Wildman–Crippen MR) is 79.7 cm³/mol. The van der Waals surface area contributed by atoms with Crippen LogP contribution in [0, 0.1) is 6.92 Å². The van der Waals surface area contributed by atoms with Gasteiger partial charge in [0.1, 0.15) is 5.52 Å². The number of aromatic nitrogens is 2. The largest absolute Gasteiger partial charge is 0.417 e. The summed E-state index contributed by atoms with van der Waals surface area (Å²) in [6.45, 7) is 1.63. The quantitative estimate of drug-likeness (QED) is 0.609. The fourth-order valence-corrected chi connectivity index (χ4v) is 2.53. The summed E-state index contributed by atoms with van der Waals surface area (Å²) in [4.78, 5) is 8.65. The second-order valence-electron chi connectivity index (χ2n) is 4.81. The standard InChI is InChI=1S/C16H10ClF3N2/c1-9-14(10-5-2-3-6-11(10)16(18,19)20)22-15-12(17)7-4-8-13(15)21-9/h2-8H,1H3. The fourth-order valence-electron chi connectivity index (χ4n) is 2.32. The molecule has 3 aromatic rings. The molecule has 0 N–H and O–H groups in total. The van der Waals surface area contributed by atoms with Crippen molar-refractivity contribution in [1.29, 1.82) is 0 Å². The Morgan fingerprint density at radius 1 is 0.955 bits per heavy atom. The molecule has 0 amide bonds. The van der Waals surface area contributed by atoms with E-state index in [0.29, 0.717) is 21.7 Å². The van der Waals surface area contributed by atoms with Gasteiger partial charge in [-0.25, -0.2) is 9.97 Å². The lowest BCUT2D eigenvalue weighted by Gasteiger charge is -2.14. The molecule has 0 aliphatic carbocycles. The van der Waals surface area contributed by atoms with Gasteiger partial charge in [0.2, 0.25) is 0 Å². The third-order valence-corrected chi connectivity index (χ3v) is 3.61. The van der Waals surface area contributed by atoms with E-state index in [1.807, 2.05) is 0 Å². The number of rotatable bonds is 1. The van der Waals surface area contributed by atoms with Gasteiger partial charge in [-0.15, -0.1) is 0 Å². The molecule has 0 fully saturated rings. The van der Waals surface area contributed by atoms with E-state index < -0.39 is 11.7 Å². The number of fused-ring (bicyclic) bond motifs is 1. The second-order valence-corrected chi connectivity index (χ2v) is 5.22. The third-order valence-electron chi connectivity index (χ3n) is 3.31. The number of benzene rings is 2. The zero-order valence-electron chi connectivity index (χ0n) is 11.4. The van der Waals surface area contributed by atoms with Gasteiger partial charge in [-0.05, 0) is 25.1 Å². The Balaban J connectivity index is 2.32. The zero-order valence-corrected chi connectivity index (χ0v) is 12.2. The van der Waals surface area contributed by atoms with Crippen LogP contribution in [0.4, 0.5) is 13.2 Å². The summed E-state index contributed by atoms with van der Waals surface area (Å²) in [5, 5.41) is 0.357. The lowest BCUT2D eigenvalue weighted by Crippen LogP contribution is -2.08. The molecular weight excluding hydrogens is 313 g/mol. The van der Waals surface area contributed by atoms with Crippen molar-refractivity contribution in [1.82, 2.24) is 9.97 Å². The number of aryl methyl sites for hydroxylation is 1. The van der Waals surface area contributed by atoms with Gasteiger partial charge in [0, 0.05) is 5.56 Å². The average molecular weight is 323 g/mol. The smallest absolute Gasteiger partial charge is 0.249 e. The summed E-state index contributed by atoms with van der Waals surface area (Å²) >= 11 is 6.07. The maximum absolute atomic E-state index is 13.2. The molecule has 0 aliphatic rings. The fraction of sp³-hybridized carbons (Fsp3) is 0.125. The van der Waals surface area contributed by atoms with Gasteiger partial charge in [0.15, 0.2) is 0 Å². The SMILES string of the molecule is Cc1nc2cccc(Cl)c2nc1-c1ccccc1C(F)(F)F. The van der Waals surface area contributed by atoms with Gasteiger partial charge in [-0.1, -0.05) is 35.9 Å². The van der Waals surface area contributed by atoms with Crippen LogP contribution in [-0.4, -0.2) is 9.97 Å². The van der Waals surface area contributed by atoms with Crippen LogP contribution in [0.2, 0.25) is 5.02 Å². The molecule has 0 aliphatic heterocycles. The van der Waals surface area contributed by atoms with Crippen molar-refractivity contribution in [2.24, 2.45) is 0 Å². The zero-order chi connectivity index (χ0) is 15.9. The van der Waals surface area contributed by atoms with Crippen LogP contribution in [0.15, 0.2) is 42.5 Å². The Morgan fingerprint density at radius 3 is 2.41 bits per heavy atom. The highest BCUT2D eigenvalue weighted by Gasteiger charge is 2.34. The van der Waals surface area contributed by atoms with E-state index >= 15 is 0 Å². The first-order valence-corrected chi connectivity index (χ1v) is 6.85. The van der Waals surface area contributed by atoms with Crippen LogP contribution in [0.1, 0.15) is 11.3 Å². The van der Waals surface area contributed by atoms with Crippen molar-refractivity contribution in [3.8, 4) is 11.3 Å². The maximum Gasteiger partial charge on any atom is 0.417 e. The molecule has 6 heteroatoms. The Labute approximate surface area is 129 Å². The minimum absolute atomic E-state index is 0.00168. The van der Waals surface area contributed by atoms with Gasteiger partial charge in [0.05, 0.1) is 27.5 Å². The molecule has 0 spiro atoms. The Morgan fingerprint density at radius 2 is 1.68 bits per heavy atom. The summed E-state index contributed by atoms with van der Waals surface area (Å²) in [6, 6.07) is 10.4. The highest BCUT2D eigenvalue weighted by atomic mass is 35.5. The first-order valence-electron chi connectivity index (χ1n) is 6.47. The Hall–Kier alpha value is -2.14. The molecule has 0 saturated heterocycles. The maximum atomic E-state index is 13.2. The number of para-hydroxylation sites is 1. The molecule has 3 rings (SSSR count). The van der Waals surface area contributed by atoms with Crippen LogP contribution in [0.3, 0.4) is 0 Å². The molecule has 0 radical (unpaired) electrons. The number of halogens is 4. The van der Waals surface area contributed by atoms with Crippen LogP contribution < -0.4 is 0 Å². The van der Waals surface area contributed by atoms with Crippen LogP contribution in [0.5, 0.6) is 0 Å². The normalized spacial score (nSPS) is 11.9. The molecule has 0 unspecified atom stereocenters. The van der Waals surface area contributed by atoms with Crippen molar-refractivity contribution in [3.05, 3.63) is 58.7 Å². The van der Waals surface area contributed by atoms with Crippen LogP contribution in [0.25, 0.3) is 22.3 Å². The highest BCUT2D eigenvalue weighted by Crippen LogP contribution is 2.37. The molecule has 2 nitrogen and oxygen atoms in total. The summed E-state index contributed by atoms with van der Waals surface area (Å²) in [7, 11) is 0. The molecule has 22 heavy (non-hydrogen) atoms. The van der Waals surface area contributed by atoms with E-state index in [-0.39, 0.29) is 11.3 Å². The van der Waals surface area contributed by atoms with Gasteiger partial charge in [0.25, 0.3) is 0 Å². The lowest BCUT2D eigenvalue weighted by atomic mass is 10.0. The molecule has 0 bridgehead atoms. The van der Waals surface area contributed by atoms with E-state index in [4.69, 9.17) is 11.6 Å². The molecule has 1 aromatic heterocycles. The molecule has 0 saturated carbocycles. The van der Waals surface area contributed by atoms with E-state index in [0.717, 1.165) is 6.07 Å². The van der Waals surface area contributed by atoms with Crippen LogP contribution >= 0.6 is 11.6 Å². The van der Waals surface area contributed by atoms with Crippen molar-refractivity contribution in [3.63, 3.8) is 0 Å². The minimum atomic E-state index is -4.46. The summed E-state index contributed by atoms with van der Waals surface area (Å²) < 4.78 is 39.6. The molecule has 2 aromatic carbocycles. The van der Waals surface area contributed by atoms with Crippen LogP contribution in [-0.2, 0) is 6.18 Å². The molecule has 0 atom stereocenters. The van der Waals surface area contributed by atoms with Gasteiger partial charge in [-0.2, -0.15) is 13.2 Å². The summed E-state index contributed by atoms with van der Waals surface area (Å²) in [5.74, 6) is 0. The summed E-state index contributed by atoms with van der Waals surface area (Å²) in [5.41, 5.74) is 0.820. The first kappa shape index (κ1) is 14.8. The molecule has 1 heterocycles. The van der Waals surface area contributed by atoms with E-state index in [1.54, 1.807) is 31.2 Å². The first-order chi connectivity index (χ1) is 10.4. The topological polar surface area (TPSA) is 25.8 Å². The van der Waals surface area contributed by atoms with Crippen molar-refractivity contribution < 1.29 is 13.2 Å². The number of nitrogens with zero attached hydrogens (tertiary/aromatic N) is 2. The number of hydrogen-bond acceptors (Lipinski definition) is 2. The van der Waals surface area contributed by atoms with Gasteiger partial charge >= 0.3 is 6.18 Å². The minimum Gasteiger partial charge on any atom is -0.249 e. The average Bonchev–Trinajstić information content (AvgIpc) is 2.46. The third kappa shape index (κ3) is 2.52. The highest BCUT2D eigenvalue weighted by molar-refractivity contribution is 6.34. The Kier molecular flexibility index (Phi) is 3.53. The van der Waals surface area contributed by atoms with Crippen molar-refractivity contribution in [2.75, 3.05) is 0 Å². The van der Waals surface area contributed by atoms with E-state index in [9.17, 15) is 13.2 Å². The monoisotopic (exact) mass is 322 g/mol. The predicted octanol–water partition coefficient (Wildman–Crippen LogP) is 5.28. The van der Waals surface area contributed by atoms with E-state index in [2.05, 4.69) is 9.97 Å². The number of hydrogen-bond donors (Lipinski definition) is 0. The lowest BCUT2D eigenvalue weighted by molar-refractivity contribution is -0.137. The summed E-state index contributed by atoms with van der Waals surface area (Å²) in [6.07, 6.45) is -4.46. The number of alkyl halides is 3. The van der Waals surface area contributed by atoms with Gasteiger partial charge < -0.3 is 0 Å². The second kappa shape index (κ2) is 5.25.